The molecule has 0 bridgehead atoms. The highest BCUT2D eigenvalue weighted by molar-refractivity contribution is 5.95. The van der Waals surface area contributed by atoms with Crippen LogP contribution in [0.25, 0.3) is 10.9 Å². The summed E-state index contributed by atoms with van der Waals surface area (Å²) >= 11 is 0. The number of likely N-dealkylation sites (tertiary alicyclic amines) is 1. The summed E-state index contributed by atoms with van der Waals surface area (Å²) in [4.78, 5) is 13.6. The lowest BCUT2D eigenvalue weighted by Crippen LogP contribution is -2.16. The number of fused-ring (bicyclic) bond motifs is 1. The maximum Gasteiger partial charge on any atom is 0.335 e. The van der Waals surface area contributed by atoms with Crippen molar-refractivity contribution < 1.29 is 9.90 Å². The van der Waals surface area contributed by atoms with Crippen LogP contribution in [0.15, 0.2) is 24.4 Å². The molecule has 4 heteroatoms. The van der Waals surface area contributed by atoms with Crippen LogP contribution in [0.4, 0.5) is 0 Å². The summed E-state index contributed by atoms with van der Waals surface area (Å²) in [7, 11) is 2.17. The first-order valence-corrected chi connectivity index (χ1v) is 8.00. The maximum atomic E-state index is 11.2. The Balaban J connectivity index is 2.01. The predicted octanol–water partition coefficient (Wildman–Crippen LogP) is 3.41. The minimum atomic E-state index is -0.859. The van der Waals surface area contributed by atoms with Gasteiger partial charge in [0.05, 0.1) is 5.56 Å². The fourth-order valence-corrected chi connectivity index (χ4v) is 3.52. The normalized spacial score (nSPS) is 19.4. The molecule has 1 saturated heterocycles. The third kappa shape index (κ3) is 2.75. The number of aromatic nitrogens is 1. The van der Waals surface area contributed by atoms with Gasteiger partial charge in [0, 0.05) is 30.2 Å². The van der Waals surface area contributed by atoms with Crippen LogP contribution in [0.5, 0.6) is 0 Å². The van der Waals surface area contributed by atoms with Crippen LogP contribution >= 0.6 is 0 Å². The van der Waals surface area contributed by atoms with Crippen LogP contribution < -0.4 is 0 Å². The van der Waals surface area contributed by atoms with Gasteiger partial charge in [-0.15, -0.1) is 0 Å². The second-order valence-electron chi connectivity index (χ2n) is 6.85. The molecule has 1 aliphatic rings. The van der Waals surface area contributed by atoms with E-state index in [1.54, 1.807) is 6.07 Å². The Hall–Kier alpha value is -1.81. The molecule has 4 nitrogen and oxygen atoms in total. The molecule has 22 heavy (non-hydrogen) atoms. The molecule has 1 fully saturated rings. The topological polar surface area (TPSA) is 45.5 Å². The van der Waals surface area contributed by atoms with Crippen LogP contribution in [-0.2, 0) is 6.54 Å². The van der Waals surface area contributed by atoms with Crippen molar-refractivity contribution in [2.75, 3.05) is 20.1 Å². The van der Waals surface area contributed by atoms with E-state index in [1.165, 1.54) is 18.5 Å². The van der Waals surface area contributed by atoms with Crippen molar-refractivity contribution in [1.82, 2.24) is 9.47 Å². The molecular formula is C18H24N2O2. The molecule has 0 spiro atoms. The summed E-state index contributed by atoms with van der Waals surface area (Å²) < 4.78 is 2.32. The van der Waals surface area contributed by atoms with Crippen molar-refractivity contribution in [2.45, 2.75) is 32.7 Å². The van der Waals surface area contributed by atoms with E-state index < -0.39 is 5.97 Å². The lowest BCUT2D eigenvalue weighted by Gasteiger charge is -2.12. The minimum Gasteiger partial charge on any atom is -0.478 e. The van der Waals surface area contributed by atoms with Crippen LogP contribution in [0.2, 0.25) is 0 Å². The van der Waals surface area contributed by atoms with Crippen molar-refractivity contribution in [3.63, 3.8) is 0 Å². The van der Waals surface area contributed by atoms with Gasteiger partial charge < -0.3 is 14.6 Å². The van der Waals surface area contributed by atoms with Gasteiger partial charge in [0.2, 0.25) is 0 Å². The summed E-state index contributed by atoms with van der Waals surface area (Å²) in [6, 6.07) is 5.50. The Kier molecular flexibility index (Phi) is 3.96. The third-order valence-corrected chi connectivity index (χ3v) is 4.72. The number of benzene rings is 1. The van der Waals surface area contributed by atoms with E-state index >= 15 is 0 Å². The zero-order valence-electron chi connectivity index (χ0n) is 13.5. The lowest BCUT2D eigenvalue weighted by molar-refractivity contribution is 0.0697. The van der Waals surface area contributed by atoms with Crippen molar-refractivity contribution in [2.24, 2.45) is 5.92 Å². The fourth-order valence-electron chi connectivity index (χ4n) is 3.52. The van der Waals surface area contributed by atoms with Crippen molar-refractivity contribution >= 4 is 16.9 Å². The molecule has 0 amide bonds. The molecule has 3 rings (SSSR count). The second kappa shape index (κ2) is 5.76. The van der Waals surface area contributed by atoms with Gasteiger partial charge in [0.1, 0.15) is 0 Å². The Bertz CT molecular complexity index is 702. The molecule has 0 unspecified atom stereocenters. The SMILES string of the molecule is CC(C)c1cn(C[C@H]2CCN(C)C2)c2ccc(C(=O)O)cc12. The van der Waals surface area contributed by atoms with Gasteiger partial charge in [0.25, 0.3) is 0 Å². The molecule has 2 heterocycles. The van der Waals surface area contributed by atoms with E-state index in [2.05, 4.69) is 36.6 Å². The Morgan fingerprint density at radius 2 is 2.18 bits per heavy atom. The first kappa shape index (κ1) is 15.1. The Morgan fingerprint density at radius 3 is 2.77 bits per heavy atom. The summed E-state index contributed by atoms with van der Waals surface area (Å²) in [5, 5.41) is 10.3. The molecule has 1 aliphatic heterocycles. The zero-order chi connectivity index (χ0) is 15.9. The van der Waals surface area contributed by atoms with E-state index in [0.717, 1.165) is 24.0 Å². The van der Waals surface area contributed by atoms with Crippen molar-refractivity contribution in [1.29, 1.82) is 0 Å². The second-order valence-corrected chi connectivity index (χ2v) is 6.85. The summed E-state index contributed by atoms with van der Waals surface area (Å²) in [5.41, 5.74) is 2.76. The highest BCUT2D eigenvalue weighted by Gasteiger charge is 2.21. The number of hydrogen-bond acceptors (Lipinski definition) is 2. The number of rotatable bonds is 4. The van der Waals surface area contributed by atoms with Crippen LogP contribution in [0.3, 0.4) is 0 Å². The lowest BCUT2D eigenvalue weighted by atomic mass is 10.0. The van der Waals surface area contributed by atoms with Crippen LogP contribution in [0, 0.1) is 5.92 Å². The number of nitrogens with zero attached hydrogens (tertiary/aromatic N) is 2. The number of carboxylic acids is 1. The van der Waals surface area contributed by atoms with Gasteiger partial charge >= 0.3 is 5.97 Å². The predicted molar refractivity (Wildman–Crippen MR) is 88.6 cm³/mol. The van der Waals surface area contributed by atoms with E-state index in [0.29, 0.717) is 17.4 Å². The summed E-state index contributed by atoms with van der Waals surface area (Å²) in [6.45, 7) is 7.65. The quantitative estimate of drug-likeness (QED) is 0.941. The molecule has 1 aromatic carbocycles. The van der Waals surface area contributed by atoms with Gasteiger partial charge in [0.15, 0.2) is 0 Å². The number of carbonyl (C=O) groups is 1. The summed E-state index contributed by atoms with van der Waals surface area (Å²) in [5.74, 6) is 0.209. The highest BCUT2D eigenvalue weighted by atomic mass is 16.4. The third-order valence-electron chi connectivity index (χ3n) is 4.72. The first-order valence-electron chi connectivity index (χ1n) is 8.00. The smallest absolute Gasteiger partial charge is 0.335 e. The van der Waals surface area contributed by atoms with E-state index in [9.17, 15) is 9.90 Å². The van der Waals surface area contributed by atoms with Crippen molar-refractivity contribution in [3.05, 3.63) is 35.5 Å². The average molecular weight is 300 g/mol. The molecule has 0 radical (unpaired) electrons. The average Bonchev–Trinajstić information content (AvgIpc) is 3.03. The molecule has 1 aromatic heterocycles. The van der Waals surface area contributed by atoms with Crippen LogP contribution in [0.1, 0.15) is 42.1 Å². The van der Waals surface area contributed by atoms with Gasteiger partial charge in [-0.05, 0) is 55.6 Å². The first-order chi connectivity index (χ1) is 10.5. The molecule has 118 valence electrons. The van der Waals surface area contributed by atoms with Crippen molar-refractivity contribution in [3.8, 4) is 0 Å². The van der Waals surface area contributed by atoms with Gasteiger partial charge in [-0.3, -0.25) is 0 Å². The number of carboxylic acid groups (broad SMARTS) is 1. The Labute approximate surface area is 131 Å². The van der Waals surface area contributed by atoms with Crippen LogP contribution in [-0.4, -0.2) is 40.7 Å². The minimum absolute atomic E-state index is 0.368. The standard InChI is InChI=1S/C18H24N2O2/c1-12(2)16-11-20(10-13-6-7-19(3)9-13)17-5-4-14(18(21)22)8-15(16)17/h4-5,8,11-13H,6-7,9-10H2,1-3H3,(H,21,22)/t13-/m0/s1. The van der Waals surface area contributed by atoms with Gasteiger partial charge in [-0.1, -0.05) is 13.8 Å². The molecular weight excluding hydrogens is 276 g/mol. The maximum absolute atomic E-state index is 11.2. The zero-order valence-corrected chi connectivity index (χ0v) is 13.5. The largest absolute Gasteiger partial charge is 0.478 e. The Morgan fingerprint density at radius 1 is 1.41 bits per heavy atom. The summed E-state index contributed by atoms with van der Waals surface area (Å²) in [6.07, 6.45) is 3.46. The molecule has 0 saturated carbocycles. The van der Waals surface area contributed by atoms with E-state index in [4.69, 9.17) is 0 Å². The molecule has 1 atom stereocenters. The van der Waals surface area contributed by atoms with E-state index in [1.807, 2.05) is 12.1 Å². The van der Waals surface area contributed by atoms with E-state index in [-0.39, 0.29) is 0 Å². The molecule has 0 aliphatic carbocycles. The fraction of sp³-hybridized carbons (Fsp3) is 0.500. The highest BCUT2D eigenvalue weighted by Crippen LogP contribution is 2.30. The molecule has 1 N–H and O–H groups in total. The monoisotopic (exact) mass is 300 g/mol. The van der Waals surface area contributed by atoms with Gasteiger partial charge in [-0.2, -0.15) is 0 Å². The van der Waals surface area contributed by atoms with Gasteiger partial charge in [-0.25, -0.2) is 4.79 Å². The molecule has 2 aromatic rings. The number of aromatic carboxylic acids is 1. The number of hydrogen-bond donors (Lipinski definition) is 1.